The number of nitrogens with one attached hydrogen (secondary N) is 2. The summed E-state index contributed by atoms with van der Waals surface area (Å²) < 4.78 is 5.80. The second-order valence-electron chi connectivity index (χ2n) is 7.34. The molecule has 0 saturated heterocycles. The molecule has 2 aromatic heterocycles. The molecule has 5 rings (SSSR count). The number of carbonyl (C=O) groups excluding carboxylic acids is 1. The Balaban J connectivity index is 1.27. The summed E-state index contributed by atoms with van der Waals surface area (Å²) in [4.78, 5) is 15.3. The summed E-state index contributed by atoms with van der Waals surface area (Å²) in [7, 11) is 0. The van der Waals surface area contributed by atoms with E-state index in [0.29, 0.717) is 23.2 Å². The predicted octanol–water partition coefficient (Wildman–Crippen LogP) is 5.77. The lowest BCUT2D eigenvalue weighted by Gasteiger charge is -2.06. The highest BCUT2D eigenvalue weighted by atomic mass is 16.5. The molecule has 3 aromatic carbocycles. The van der Waals surface area contributed by atoms with Gasteiger partial charge in [-0.15, -0.1) is 10.2 Å². The largest absolute Gasteiger partial charge is 0.493 e. The smallest absolute Gasteiger partial charge is 0.313 e. The van der Waals surface area contributed by atoms with E-state index in [4.69, 9.17) is 4.74 Å². The average Bonchev–Trinajstić information content (AvgIpc) is 3.47. The number of rotatable bonds is 6. The van der Waals surface area contributed by atoms with Crippen molar-refractivity contribution in [3.05, 3.63) is 96.2 Å². The van der Waals surface area contributed by atoms with Crippen molar-refractivity contribution >= 4 is 22.5 Å². The second kappa shape index (κ2) is 8.80. The van der Waals surface area contributed by atoms with E-state index in [1.807, 2.05) is 66.7 Å². The van der Waals surface area contributed by atoms with Gasteiger partial charge in [0.25, 0.3) is 0 Å². The number of azo groups is 1. The molecular formula is C25H19N5O3. The molecule has 5 aromatic rings. The summed E-state index contributed by atoms with van der Waals surface area (Å²) >= 11 is 0. The van der Waals surface area contributed by atoms with E-state index in [-0.39, 0.29) is 17.3 Å². The van der Waals surface area contributed by atoms with Gasteiger partial charge < -0.3 is 14.8 Å². The van der Waals surface area contributed by atoms with Crippen molar-refractivity contribution in [3.63, 3.8) is 0 Å². The maximum absolute atomic E-state index is 12.5. The Labute approximate surface area is 188 Å². The van der Waals surface area contributed by atoms with Crippen LogP contribution in [0.4, 0.5) is 5.69 Å². The van der Waals surface area contributed by atoms with Crippen LogP contribution < -0.4 is 4.74 Å². The van der Waals surface area contributed by atoms with Gasteiger partial charge in [0.2, 0.25) is 5.88 Å². The molecule has 162 valence electrons. The van der Waals surface area contributed by atoms with E-state index in [1.165, 1.54) is 0 Å². The highest BCUT2D eigenvalue weighted by molar-refractivity contribution is 5.96. The fraction of sp³-hybridized carbons (Fsp3) is 0.0400. The fourth-order valence-corrected chi connectivity index (χ4v) is 3.41. The van der Waals surface area contributed by atoms with E-state index in [1.54, 1.807) is 18.2 Å². The molecule has 0 aliphatic heterocycles. The lowest BCUT2D eigenvalue weighted by atomic mass is 10.1. The summed E-state index contributed by atoms with van der Waals surface area (Å²) in [5, 5.41) is 25.3. The predicted molar refractivity (Wildman–Crippen MR) is 124 cm³/mol. The summed E-state index contributed by atoms with van der Waals surface area (Å²) in [5.41, 5.74) is 3.62. The number of aromatic nitrogens is 3. The van der Waals surface area contributed by atoms with Crippen molar-refractivity contribution < 1.29 is 14.6 Å². The third-order valence-electron chi connectivity index (χ3n) is 5.11. The number of carbonyl (C=O) groups is 1. The van der Waals surface area contributed by atoms with Crippen LogP contribution in [0.2, 0.25) is 0 Å². The van der Waals surface area contributed by atoms with Gasteiger partial charge >= 0.3 is 5.91 Å². The molecule has 2 heterocycles. The van der Waals surface area contributed by atoms with Crippen LogP contribution in [0.15, 0.2) is 95.2 Å². The number of hydrogen-bond donors (Lipinski definition) is 3. The van der Waals surface area contributed by atoms with Crippen LogP contribution in [-0.2, 0) is 6.61 Å². The summed E-state index contributed by atoms with van der Waals surface area (Å²) in [6.07, 6.45) is 0. The van der Waals surface area contributed by atoms with Crippen LogP contribution in [0.5, 0.6) is 11.6 Å². The summed E-state index contributed by atoms with van der Waals surface area (Å²) in [6, 6.07) is 26.2. The van der Waals surface area contributed by atoms with Crippen LogP contribution in [0.25, 0.3) is 22.2 Å². The maximum atomic E-state index is 12.5. The molecule has 0 spiro atoms. The number of H-pyrrole nitrogens is 2. The zero-order chi connectivity index (χ0) is 22.6. The molecule has 8 nitrogen and oxygen atoms in total. The first-order valence-electron chi connectivity index (χ1n) is 10.3. The number of aromatic amines is 2. The van der Waals surface area contributed by atoms with Crippen LogP contribution in [0.3, 0.4) is 0 Å². The molecular weight excluding hydrogens is 418 g/mol. The fourth-order valence-electron chi connectivity index (χ4n) is 3.41. The second-order valence-corrected chi connectivity index (χ2v) is 7.34. The lowest BCUT2D eigenvalue weighted by molar-refractivity contribution is 0.0990. The number of hydrogen-bond acceptors (Lipinski definition) is 5. The molecule has 0 atom stereocenters. The van der Waals surface area contributed by atoms with Gasteiger partial charge in [-0.05, 0) is 42.0 Å². The number of aromatic hydroxyl groups is 1. The Morgan fingerprint density at radius 2 is 1.73 bits per heavy atom. The lowest BCUT2D eigenvalue weighted by Crippen LogP contribution is -1.94. The van der Waals surface area contributed by atoms with E-state index >= 15 is 0 Å². The van der Waals surface area contributed by atoms with Crippen molar-refractivity contribution in [1.82, 2.24) is 15.2 Å². The van der Waals surface area contributed by atoms with Gasteiger partial charge in [0.05, 0.1) is 11.2 Å². The van der Waals surface area contributed by atoms with Crippen molar-refractivity contribution in [3.8, 4) is 22.9 Å². The van der Waals surface area contributed by atoms with E-state index in [9.17, 15) is 9.90 Å². The molecule has 0 radical (unpaired) electrons. The highest BCUT2D eigenvalue weighted by Gasteiger charge is 2.13. The molecule has 33 heavy (non-hydrogen) atoms. The molecule has 0 unspecified atom stereocenters. The van der Waals surface area contributed by atoms with Crippen molar-refractivity contribution in [2.75, 3.05) is 0 Å². The first kappa shape index (κ1) is 20.2. The Hall–Kier alpha value is -4.72. The standard InChI is InChI=1S/C25H19N5O3/c31-24(30-29-23-19-8-4-5-9-20(19)26-25(23)32)22-14-21(27-28-22)17-10-12-18(13-11-17)33-15-16-6-2-1-3-7-16/h1-14,26,32H,15H2,(H,27,28). The normalized spacial score (nSPS) is 11.3. The molecule has 0 bridgehead atoms. The third kappa shape index (κ3) is 4.35. The first-order chi connectivity index (χ1) is 16.2. The minimum atomic E-state index is -0.596. The zero-order valence-electron chi connectivity index (χ0n) is 17.4. The monoisotopic (exact) mass is 437 g/mol. The molecule has 0 aliphatic carbocycles. The van der Waals surface area contributed by atoms with Gasteiger partial charge in [0.1, 0.15) is 18.1 Å². The van der Waals surface area contributed by atoms with Crippen molar-refractivity contribution in [1.29, 1.82) is 0 Å². The van der Waals surface area contributed by atoms with E-state index in [2.05, 4.69) is 25.4 Å². The van der Waals surface area contributed by atoms with Crippen molar-refractivity contribution in [2.24, 2.45) is 10.2 Å². The van der Waals surface area contributed by atoms with Crippen LogP contribution in [0.1, 0.15) is 16.1 Å². The number of ether oxygens (including phenoxy) is 1. The summed E-state index contributed by atoms with van der Waals surface area (Å²) in [5.74, 6) is -0.00403. The van der Waals surface area contributed by atoms with Gasteiger partial charge in [-0.25, -0.2) is 0 Å². The van der Waals surface area contributed by atoms with Crippen LogP contribution in [0, 0.1) is 0 Å². The number of fused-ring (bicyclic) bond motifs is 1. The number of benzene rings is 3. The van der Waals surface area contributed by atoms with Gasteiger partial charge in [-0.2, -0.15) is 5.10 Å². The number of nitrogens with zero attached hydrogens (tertiary/aromatic N) is 3. The Bertz CT molecular complexity index is 1440. The Morgan fingerprint density at radius 3 is 2.55 bits per heavy atom. The zero-order valence-corrected chi connectivity index (χ0v) is 17.4. The first-order valence-corrected chi connectivity index (χ1v) is 10.3. The number of amides is 1. The van der Waals surface area contributed by atoms with Crippen molar-refractivity contribution in [2.45, 2.75) is 6.61 Å². The molecule has 3 N–H and O–H groups in total. The van der Waals surface area contributed by atoms with Crippen LogP contribution in [-0.4, -0.2) is 26.2 Å². The van der Waals surface area contributed by atoms with E-state index < -0.39 is 5.91 Å². The molecule has 0 fully saturated rings. The highest BCUT2D eigenvalue weighted by Crippen LogP contribution is 2.35. The molecule has 8 heteroatoms. The quantitative estimate of drug-likeness (QED) is 0.293. The summed E-state index contributed by atoms with van der Waals surface area (Å²) in [6.45, 7) is 0.484. The molecule has 0 aliphatic rings. The third-order valence-corrected chi connectivity index (χ3v) is 5.11. The SMILES string of the molecule is O=C(N=Nc1c(O)[nH]c2ccccc12)c1cc(-c2ccc(OCc3ccccc3)cc2)n[nH]1. The minimum Gasteiger partial charge on any atom is -0.493 e. The molecule has 1 amide bonds. The molecule has 0 saturated carbocycles. The number of para-hydroxylation sites is 1. The van der Waals surface area contributed by atoms with Gasteiger partial charge in [0.15, 0.2) is 5.69 Å². The topological polar surface area (TPSA) is 116 Å². The average molecular weight is 437 g/mol. The van der Waals surface area contributed by atoms with Crippen LogP contribution >= 0.6 is 0 Å². The van der Waals surface area contributed by atoms with Gasteiger partial charge in [-0.1, -0.05) is 48.5 Å². The Morgan fingerprint density at radius 1 is 0.970 bits per heavy atom. The van der Waals surface area contributed by atoms with E-state index in [0.717, 1.165) is 16.9 Å². The maximum Gasteiger partial charge on any atom is 0.313 e. The Kier molecular flexibility index (Phi) is 5.38. The van der Waals surface area contributed by atoms with Gasteiger partial charge in [-0.3, -0.25) is 9.89 Å². The van der Waals surface area contributed by atoms with Gasteiger partial charge in [0, 0.05) is 10.9 Å². The minimum absolute atomic E-state index is 0.146.